The van der Waals surface area contributed by atoms with E-state index in [-0.39, 0.29) is 33.2 Å². The van der Waals surface area contributed by atoms with Crippen LogP contribution in [0.4, 0.5) is 5.69 Å². The molecule has 0 atom stereocenters. The highest BCUT2D eigenvalue weighted by Crippen LogP contribution is 2.42. The van der Waals surface area contributed by atoms with Gasteiger partial charge in [0.15, 0.2) is 17.3 Å². The van der Waals surface area contributed by atoms with Crippen molar-refractivity contribution in [1.82, 2.24) is 0 Å². The number of ketones is 2. The lowest BCUT2D eigenvalue weighted by Crippen LogP contribution is -2.05. The van der Waals surface area contributed by atoms with E-state index >= 15 is 0 Å². The first-order valence-corrected chi connectivity index (χ1v) is 11.7. The average Bonchev–Trinajstić information content (AvgIpc) is 3.20. The largest absolute Gasteiger partial charge is 0.497 e. The molecule has 0 saturated carbocycles. The van der Waals surface area contributed by atoms with Crippen molar-refractivity contribution in [1.29, 1.82) is 5.26 Å². The molecule has 0 aliphatic rings. The van der Waals surface area contributed by atoms with Gasteiger partial charge in [-0.15, -0.1) is 23.1 Å². The van der Waals surface area contributed by atoms with Crippen molar-refractivity contribution in [3.8, 4) is 29.1 Å². The highest BCUT2D eigenvalue weighted by Gasteiger charge is 2.25. The summed E-state index contributed by atoms with van der Waals surface area (Å²) in [5.41, 5.74) is 7.20. The van der Waals surface area contributed by atoms with Gasteiger partial charge in [0.2, 0.25) is 11.5 Å². The Kier molecular flexibility index (Phi) is 8.04. The number of ether oxygens (including phenoxy) is 4. The number of carbonyl (C=O) groups excluding carboxylic acids is 2. The van der Waals surface area contributed by atoms with Gasteiger partial charge in [-0.1, -0.05) is 0 Å². The van der Waals surface area contributed by atoms with Gasteiger partial charge in [0, 0.05) is 11.1 Å². The summed E-state index contributed by atoms with van der Waals surface area (Å²) in [4.78, 5) is 26.1. The summed E-state index contributed by atoms with van der Waals surface area (Å²) in [6, 6.07) is 11.9. The smallest absolute Gasteiger partial charge is 0.205 e. The highest BCUT2D eigenvalue weighted by molar-refractivity contribution is 8.01. The molecule has 10 heteroatoms. The molecular weight excluding hydrogens is 476 g/mol. The van der Waals surface area contributed by atoms with Crippen LogP contribution in [0.1, 0.15) is 31.2 Å². The molecule has 1 heterocycles. The van der Waals surface area contributed by atoms with E-state index in [9.17, 15) is 14.9 Å². The lowest BCUT2D eigenvalue weighted by molar-refractivity contribution is 0.101. The minimum Gasteiger partial charge on any atom is -0.497 e. The van der Waals surface area contributed by atoms with E-state index in [0.717, 1.165) is 11.3 Å². The van der Waals surface area contributed by atoms with Gasteiger partial charge in [0.1, 0.15) is 22.3 Å². The SMILES string of the molecule is COc1ccc(C(=O)CSc2sc(C(=O)c3cc(OC)c(OC)c(OC)c3)c(N)c2C#N)cc1. The molecule has 3 aromatic rings. The molecule has 1 aromatic heterocycles. The van der Waals surface area contributed by atoms with Gasteiger partial charge in [0.25, 0.3) is 0 Å². The number of nitrogen functional groups attached to an aromatic ring is 1. The predicted octanol–water partition coefficient (Wildman–Crippen LogP) is 4.44. The summed E-state index contributed by atoms with van der Waals surface area (Å²) in [5.74, 6) is 1.20. The third-order valence-corrected chi connectivity index (χ3v) is 7.38. The van der Waals surface area contributed by atoms with E-state index in [1.165, 1.54) is 45.2 Å². The fraction of sp³-hybridized carbons (Fsp3) is 0.208. The standard InChI is InChI=1S/C24H22N2O6S2/c1-29-15-7-5-13(6-8-15)17(27)12-33-24-16(11-25)20(26)23(34-24)21(28)14-9-18(30-2)22(32-4)19(10-14)31-3/h5-10H,12,26H2,1-4H3. The number of thiophene rings is 1. The molecule has 0 fully saturated rings. The maximum Gasteiger partial charge on any atom is 0.205 e. The van der Waals surface area contributed by atoms with Crippen LogP contribution in [0.3, 0.4) is 0 Å². The molecule has 0 unspecified atom stereocenters. The van der Waals surface area contributed by atoms with Crippen molar-refractivity contribution in [3.63, 3.8) is 0 Å². The quantitative estimate of drug-likeness (QED) is 0.319. The normalized spacial score (nSPS) is 10.3. The van der Waals surface area contributed by atoms with Crippen molar-refractivity contribution in [2.24, 2.45) is 0 Å². The molecule has 3 rings (SSSR count). The minimum atomic E-state index is -0.397. The van der Waals surface area contributed by atoms with Gasteiger partial charge in [-0.2, -0.15) is 5.26 Å². The van der Waals surface area contributed by atoms with Gasteiger partial charge in [-0.25, -0.2) is 0 Å². The van der Waals surface area contributed by atoms with Crippen LogP contribution in [0.5, 0.6) is 23.0 Å². The Morgan fingerprint density at radius 3 is 2.09 bits per heavy atom. The maximum atomic E-state index is 13.3. The summed E-state index contributed by atoms with van der Waals surface area (Å²) in [6.07, 6.45) is 0. The number of thioether (sulfide) groups is 1. The van der Waals surface area contributed by atoms with E-state index in [1.54, 1.807) is 31.4 Å². The molecule has 176 valence electrons. The minimum absolute atomic E-state index is 0.0747. The summed E-state index contributed by atoms with van der Waals surface area (Å²) in [5, 5.41) is 9.63. The van der Waals surface area contributed by atoms with Crippen LogP contribution in [0.2, 0.25) is 0 Å². The summed E-state index contributed by atoms with van der Waals surface area (Å²) in [7, 11) is 5.92. The molecule has 2 N–H and O–H groups in total. The Morgan fingerprint density at radius 1 is 0.971 bits per heavy atom. The number of rotatable bonds is 10. The number of hydrogen-bond acceptors (Lipinski definition) is 10. The van der Waals surface area contributed by atoms with Gasteiger partial charge in [-0.3, -0.25) is 9.59 Å². The van der Waals surface area contributed by atoms with Gasteiger partial charge in [0.05, 0.1) is 44.1 Å². The van der Waals surface area contributed by atoms with Crippen LogP contribution in [0.15, 0.2) is 40.6 Å². The molecule has 0 aliphatic heterocycles. The van der Waals surface area contributed by atoms with E-state index < -0.39 is 5.78 Å². The predicted molar refractivity (Wildman–Crippen MR) is 131 cm³/mol. The Hall–Kier alpha value is -3.68. The molecule has 34 heavy (non-hydrogen) atoms. The molecule has 0 spiro atoms. The fourth-order valence-electron chi connectivity index (χ4n) is 3.13. The van der Waals surface area contributed by atoms with Gasteiger partial charge >= 0.3 is 0 Å². The van der Waals surface area contributed by atoms with E-state index in [4.69, 9.17) is 24.7 Å². The second kappa shape index (κ2) is 11.0. The van der Waals surface area contributed by atoms with Crippen molar-refractivity contribution in [3.05, 3.63) is 58.0 Å². The molecular formula is C24H22N2O6S2. The average molecular weight is 499 g/mol. The number of hydrogen-bond donors (Lipinski definition) is 1. The number of carbonyl (C=O) groups is 2. The summed E-state index contributed by atoms with van der Waals surface area (Å²) in [6.45, 7) is 0. The number of benzene rings is 2. The van der Waals surface area contributed by atoms with Crippen LogP contribution < -0.4 is 24.7 Å². The Labute approximate surface area is 205 Å². The van der Waals surface area contributed by atoms with Crippen LogP contribution in [0.25, 0.3) is 0 Å². The topological polar surface area (TPSA) is 121 Å². The Bertz CT molecular complexity index is 1240. The lowest BCUT2D eigenvalue weighted by Gasteiger charge is -2.13. The van der Waals surface area contributed by atoms with E-state index in [0.29, 0.717) is 32.8 Å². The zero-order chi connectivity index (χ0) is 24.8. The van der Waals surface area contributed by atoms with Gasteiger partial charge < -0.3 is 24.7 Å². The first kappa shape index (κ1) is 25.0. The molecule has 2 aromatic carbocycles. The highest BCUT2D eigenvalue weighted by atomic mass is 32.2. The third kappa shape index (κ3) is 4.95. The van der Waals surface area contributed by atoms with Crippen molar-refractivity contribution < 1.29 is 28.5 Å². The molecule has 8 nitrogen and oxygen atoms in total. The number of methoxy groups -OCH3 is 4. The lowest BCUT2D eigenvalue weighted by atomic mass is 10.1. The zero-order valence-corrected chi connectivity index (χ0v) is 20.6. The second-order valence-electron chi connectivity index (χ2n) is 6.80. The van der Waals surface area contributed by atoms with Crippen molar-refractivity contribution >= 4 is 40.4 Å². The fourth-order valence-corrected chi connectivity index (χ4v) is 5.39. The molecule has 0 saturated heterocycles. The van der Waals surface area contributed by atoms with Crippen molar-refractivity contribution in [2.45, 2.75) is 4.21 Å². The zero-order valence-electron chi connectivity index (χ0n) is 19.0. The number of nitriles is 1. The number of Topliss-reactive ketones (excluding diaryl/α,β-unsaturated/α-hetero) is 1. The van der Waals surface area contributed by atoms with Crippen LogP contribution >= 0.6 is 23.1 Å². The number of nitrogens with two attached hydrogens (primary N) is 1. The van der Waals surface area contributed by atoms with E-state index in [2.05, 4.69) is 0 Å². The van der Waals surface area contributed by atoms with Crippen molar-refractivity contribution in [2.75, 3.05) is 39.9 Å². The van der Waals surface area contributed by atoms with Gasteiger partial charge in [-0.05, 0) is 36.4 Å². The summed E-state index contributed by atoms with van der Waals surface area (Å²) < 4.78 is 21.5. The maximum absolute atomic E-state index is 13.3. The first-order valence-electron chi connectivity index (χ1n) is 9.85. The summed E-state index contributed by atoms with van der Waals surface area (Å²) >= 11 is 2.24. The van der Waals surface area contributed by atoms with E-state index in [1.807, 2.05) is 6.07 Å². The molecule has 0 amide bonds. The monoisotopic (exact) mass is 498 g/mol. The second-order valence-corrected chi connectivity index (χ2v) is 9.07. The first-order chi connectivity index (χ1) is 16.4. The van der Waals surface area contributed by atoms with Crippen LogP contribution in [0, 0.1) is 11.3 Å². The molecule has 0 radical (unpaired) electrons. The Morgan fingerprint density at radius 2 is 1.59 bits per heavy atom. The molecule has 0 bridgehead atoms. The number of anilines is 1. The van der Waals surface area contributed by atoms with Crippen LogP contribution in [-0.4, -0.2) is 45.8 Å². The number of nitrogens with zero attached hydrogens (tertiary/aromatic N) is 1. The third-order valence-electron chi connectivity index (χ3n) is 4.90. The Balaban J connectivity index is 1.88. The molecule has 0 aliphatic carbocycles. The van der Waals surface area contributed by atoms with Crippen LogP contribution in [-0.2, 0) is 0 Å².